The highest BCUT2D eigenvalue weighted by molar-refractivity contribution is 6.04. The first-order chi connectivity index (χ1) is 27.3. The lowest BCUT2D eigenvalue weighted by atomic mass is 9.95. The molecule has 4 heterocycles. The number of H-pyrrole nitrogens is 1. The third-order valence-corrected chi connectivity index (χ3v) is 10.8. The smallest absolute Gasteiger partial charge is 0.407 e. The van der Waals surface area contributed by atoms with Crippen LogP contribution in [0.3, 0.4) is 0 Å². The molecule has 0 radical (unpaired) electrons. The maximum absolute atomic E-state index is 13.5. The highest BCUT2D eigenvalue weighted by atomic mass is 19.4. The second-order valence-corrected chi connectivity index (χ2v) is 14.9. The molecule has 0 bridgehead atoms. The molecule has 6 rings (SSSR count). The zero-order valence-electron chi connectivity index (χ0n) is 32.4. The molecular formula is C41H48F3N7O6. The maximum Gasteiger partial charge on any atom is 0.407 e. The van der Waals surface area contributed by atoms with Gasteiger partial charge in [0, 0.05) is 37.8 Å². The van der Waals surface area contributed by atoms with Crippen molar-refractivity contribution in [2.75, 3.05) is 27.3 Å². The molecule has 0 unspecified atom stereocenters. The third-order valence-electron chi connectivity index (χ3n) is 10.8. The van der Waals surface area contributed by atoms with Crippen molar-refractivity contribution in [1.82, 2.24) is 30.4 Å². The van der Waals surface area contributed by atoms with Crippen LogP contribution in [0, 0.1) is 5.92 Å². The number of alkyl halides is 3. The van der Waals surface area contributed by atoms with Crippen LogP contribution in [0.4, 0.5) is 22.8 Å². The van der Waals surface area contributed by atoms with Crippen LogP contribution in [0.25, 0.3) is 28.0 Å². The van der Waals surface area contributed by atoms with Crippen molar-refractivity contribution in [1.29, 1.82) is 0 Å². The van der Waals surface area contributed by atoms with Crippen LogP contribution in [-0.4, -0.2) is 101 Å². The van der Waals surface area contributed by atoms with Gasteiger partial charge in [-0.25, -0.2) is 14.6 Å². The van der Waals surface area contributed by atoms with Crippen LogP contribution >= 0.6 is 0 Å². The molecule has 3 N–H and O–H groups in total. The molecular weight excluding hydrogens is 743 g/mol. The average Bonchev–Trinajstić information content (AvgIpc) is 4.04. The molecule has 0 saturated carbocycles. The van der Waals surface area contributed by atoms with Crippen molar-refractivity contribution in [3.05, 3.63) is 72.3 Å². The van der Waals surface area contributed by atoms with E-state index in [-0.39, 0.29) is 17.9 Å². The molecule has 0 aliphatic carbocycles. The summed E-state index contributed by atoms with van der Waals surface area (Å²) in [6.07, 6.45) is -0.891. The van der Waals surface area contributed by atoms with Gasteiger partial charge < -0.3 is 34.9 Å². The number of imidazole rings is 1. The number of benzene rings is 2. The molecule has 1 aromatic heterocycles. The summed E-state index contributed by atoms with van der Waals surface area (Å²) in [5.74, 6) is -0.340. The summed E-state index contributed by atoms with van der Waals surface area (Å²) in [7, 11) is 2.37. The van der Waals surface area contributed by atoms with Crippen LogP contribution in [-0.2, 0) is 19.1 Å². The molecule has 3 aromatic rings. The number of carbonyl (C=O) groups excluding carboxylic acids is 4. The Balaban J connectivity index is 1.07. The lowest BCUT2D eigenvalue weighted by molar-refractivity contribution is -0.143. The van der Waals surface area contributed by atoms with Crippen LogP contribution in [0.15, 0.2) is 65.9 Å². The number of aliphatic imine (C=N–C) groups is 1. The topological polar surface area (TPSA) is 158 Å². The maximum atomic E-state index is 13.5. The molecule has 2 aromatic carbocycles. The van der Waals surface area contributed by atoms with Crippen molar-refractivity contribution < 1.29 is 41.8 Å². The van der Waals surface area contributed by atoms with Gasteiger partial charge in [-0.3, -0.25) is 14.6 Å². The monoisotopic (exact) mass is 791 g/mol. The van der Waals surface area contributed by atoms with Crippen LogP contribution in [0.2, 0.25) is 0 Å². The van der Waals surface area contributed by atoms with Gasteiger partial charge in [0.15, 0.2) is 0 Å². The Hall–Kier alpha value is -5.67. The SMILES string of the molecule is COC(=O)N[C@@H](CCC(F)(F)F)C(=O)N1CCC[C@H]1c1ncc(-c2ccc(-c3ccc(C4=CN=C([C@@H]5CCCN5C(=O)[C@@H](NC(=O)OC)C(C)C)C4)cc3)cc2)[nH]1. The van der Waals surface area contributed by atoms with E-state index in [4.69, 9.17) is 9.73 Å². The summed E-state index contributed by atoms with van der Waals surface area (Å²) in [4.78, 5) is 66.7. The first-order valence-electron chi connectivity index (χ1n) is 19.1. The van der Waals surface area contributed by atoms with E-state index in [0.29, 0.717) is 38.2 Å². The Labute approximate surface area is 329 Å². The first-order valence-corrected chi connectivity index (χ1v) is 19.1. The fourth-order valence-electron chi connectivity index (χ4n) is 7.74. The van der Waals surface area contributed by atoms with E-state index in [1.54, 1.807) is 6.20 Å². The molecule has 16 heteroatoms. The minimum absolute atomic E-state index is 0.109. The number of alkyl carbamates (subject to hydrolysis) is 2. The Morgan fingerprint density at radius 3 is 1.98 bits per heavy atom. The number of aromatic amines is 1. The van der Waals surface area contributed by atoms with Crippen molar-refractivity contribution >= 4 is 35.3 Å². The van der Waals surface area contributed by atoms with Gasteiger partial charge in [0.25, 0.3) is 0 Å². The zero-order valence-corrected chi connectivity index (χ0v) is 32.4. The lowest BCUT2D eigenvalue weighted by Gasteiger charge is -2.31. The van der Waals surface area contributed by atoms with E-state index in [1.165, 1.54) is 12.0 Å². The van der Waals surface area contributed by atoms with Crippen molar-refractivity contribution in [3.63, 3.8) is 0 Å². The number of hydrogen-bond acceptors (Lipinski definition) is 8. The van der Waals surface area contributed by atoms with Gasteiger partial charge in [-0.1, -0.05) is 62.4 Å². The number of amides is 4. The van der Waals surface area contributed by atoms with Crippen LogP contribution in [0.5, 0.6) is 0 Å². The van der Waals surface area contributed by atoms with E-state index in [2.05, 4.69) is 49.6 Å². The molecule has 2 saturated heterocycles. The van der Waals surface area contributed by atoms with Gasteiger partial charge in [-0.05, 0) is 65.8 Å². The molecule has 57 heavy (non-hydrogen) atoms. The van der Waals surface area contributed by atoms with Crippen molar-refractivity contribution in [3.8, 4) is 22.4 Å². The molecule has 4 amide bonds. The number of nitrogens with one attached hydrogen (secondary N) is 3. The highest BCUT2D eigenvalue weighted by Crippen LogP contribution is 2.35. The fourth-order valence-corrected chi connectivity index (χ4v) is 7.74. The molecule has 13 nitrogen and oxygen atoms in total. The Morgan fingerprint density at radius 1 is 0.825 bits per heavy atom. The zero-order chi connectivity index (χ0) is 40.9. The summed E-state index contributed by atoms with van der Waals surface area (Å²) in [6, 6.07) is 13.5. The molecule has 0 spiro atoms. The standard InChI is InChI=1S/C41H48F3N7O6/c1-24(2)35(49-40(55)57-4)38(53)50-19-5-7-33(50)31-21-29(22-45-31)27-11-9-25(10-12-27)26-13-15-28(16-14-26)32-23-46-36(47-32)34-8-6-20-51(34)37(52)30(48-39(54)56-3)17-18-41(42,43)44/h9-16,22-24,30,33-35H,5-8,17-21H2,1-4H3,(H,46,47)(H,48,54)(H,49,55)/t30-,33-,34-,35-/m0/s1. The van der Waals surface area contributed by atoms with Gasteiger partial charge >= 0.3 is 18.4 Å². The number of nitrogens with zero attached hydrogens (tertiary/aromatic N) is 4. The number of allylic oxidation sites excluding steroid dienone is 1. The van der Waals surface area contributed by atoms with Crippen molar-refractivity contribution in [2.45, 2.75) is 89.1 Å². The number of likely N-dealkylation sites (tertiary alicyclic amines) is 2. The molecule has 3 aliphatic heterocycles. The summed E-state index contributed by atoms with van der Waals surface area (Å²) in [6.45, 7) is 4.71. The van der Waals surface area contributed by atoms with E-state index in [1.807, 2.05) is 49.2 Å². The van der Waals surface area contributed by atoms with Gasteiger partial charge in [-0.2, -0.15) is 13.2 Å². The lowest BCUT2D eigenvalue weighted by Crippen LogP contribution is -2.53. The molecule has 2 fully saturated rings. The largest absolute Gasteiger partial charge is 0.453 e. The molecule has 4 atom stereocenters. The number of halogens is 3. The first kappa shape index (κ1) is 41.0. The van der Waals surface area contributed by atoms with Crippen LogP contribution in [0.1, 0.15) is 76.2 Å². The van der Waals surface area contributed by atoms with Gasteiger partial charge in [0.2, 0.25) is 11.8 Å². The Morgan fingerprint density at radius 2 is 1.39 bits per heavy atom. The fraction of sp³-hybridized carbons (Fsp3) is 0.463. The second kappa shape index (κ2) is 17.6. The predicted octanol–water partition coefficient (Wildman–Crippen LogP) is 7.03. The van der Waals surface area contributed by atoms with Crippen molar-refractivity contribution in [2.24, 2.45) is 10.9 Å². The average molecular weight is 792 g/mol. The van der Waals surface area contributed by atoms with Gasteiger partial charge in [0.1, 0.15) is 17.9 Å². The van der Waals surface area contributed by atoms with Gasteiger partial charge in [-0.15, -0.1) is 0 Å². The number of methoxy groups -OCH3 is 2. The highest BCUT2D eigenvalue weighted by Gasteiger charge is 2.40. The quantitative estimate of drug-likeness (QED) is 0.178. The van der Waals surface area contributed by atoms with E-state index in [9.17, 15) is 32.3 Å². The Bertz CT molecular complexity index is 1990. The van der Waals surface area contributed by atoms with E-state index in [0.717, 1.165) is 59.2 Å². The minimum atomic E-state index is -4.49. The normalized spacial score (nSPS) is 19.2. The third kappa shape index (κ3) is 9.66. The number of carbonyl (C=O) groups is 4. The number of ether oxygens (including phenoxy) is 2. The van der Waals surface area contributed by atoms with E-state index >= 15 is 0 Å². The minimum Gasteiger partial charge on any atom is -0.453 e. The van der Waals surface area contributed by atoms with Gasteiger partial charge in [0.05, 0.1) is 38.2 Å². The molecule has 3 aliphatic rings. The predicted molar refractivity (Wildman–Crippen MR) is 207 cm³/mol. The molecule has 304 valence electrons. The van der Waals surface area contributed by atoms with Crippen LogP contribution < -0.4 is 10.6 Å². The number of rotatable bonds is 12. The summed E-state index contributed by atoms with van der Waals surface area (Å²) < 4.78 is 48.4. The number of aromatic nitrogens is 2. The summed E-state index contributed by atoms with van der Waals surface area (Å²) >= 11 is 0. The Kier molecular flexibility index (Phi) is 12.7. The summed E-state index contributed by atoms with van der Waals surface area (Å²) in [5.41, 5.74) is 6.63. The number of hydrogen-bond donors (Lipinski definition) is 3. The second-order valence-electron chi connectivity index (χ2n) is 14.9. The van der Waals surface area contributed by atoms with E-state index < -0.39 is 55.2 Å². The summed E-state index contributed by atoms with van der Waals surface area (Å²) in [5, 5.41) is 4.96.